The number of aromatic nitrogens is 2. The van der Waals surface area contributed by atoms with Crippen molar-refractivity contribution in [3.63, 3.8) is 0 Å². The number of nitrogens with zero attached hydrogens (tertiary/aromatic N) is 2. The Morgan fingerprint density at radius 1 is 0.440 bits per heavy atom. The topological polar surface area (TPSA) is 239 Å². The van der Waals surface area contributed by atoms with Crippen LogP contribution in [0.3, 0.4) is 0 Å². The van der Waals surface area contributed by atoms with Crippen LogP contribution in [0.4, 0.5) is 4.39 Å². The molecule has 4 aliphatic carbocycles. The van der Waals surface area contributed by atoms with Crippen LogP contribution in [0.2, 0.25) is 0 Å². The summed E-state index contributed by atoms with van der Waals surface area (Å²) in [4.78, 5) is 71.8. The van der Waals surface area contributed by atoms with E-state index in [1.54, 1.807) is 49.0 Å². The lowest BCUT2D eigenvalue weighted by Gasteiger charge is -2.19. The van der Waals surface area contributed by atoms with E-state index in [9.17, 15) is 53.6 Å². The minimum absolute atomic E-state index is 0.000313. The monoisotopic (exact) mass is 1480 g/mol. The van der Waals surface area contributed by atoms with Crippen molar-refractivity contribution in [2.45, 2.75) is 192 Å². The molecule has 12 rings (SSSR count). The van der Waals surface area contributed by atoms with Crippen LogP contribution >= 0.6 is 0 Å². The minimum atomic E-state index is -1.04. The summed E-state index contributed by atoms with van der Waals surface area (Å²) in [7, 11) is 1.76. The van der Waals surface area contributed by atoms with Crippen molar-refractivity contribution in [2.24, 2.45) is 7.05 Å². The molecular weight excluding hydrogens is 1380 g/mol. The molecule has 0 fully saturated rings. The first-order valence-electron chi connectivity index (χ1n) is 38.1. The number of carbonyl (C=O) groups excluding carboxylic acids is 1. The van der Waals surface area contributed by atoms with Crippen molar-refractivity contribution in [3.8, 4) is 34.4 Å². The summed E-state index contributed by atoms with van der Waals surface area (Å²) >= 11 is 0. The lowest BCUT2D eigenvalue weighted by atomic mass is 9.95. The van der Waals surface area contributed by atoms with E-state index >= 15 is 0 Å². The highest BCUT2D eigenvalue weighted by molar-refractivity contribution is 6.09. The number of ether oxygens (including phenoxy) is 5. The fraction of sp³-hybridized carbons (Fsp3) is 0.341. The molecule has 0 bridgehead atoms. The molecule has 109 heavy (non-hydrogen) atoms. The molecule has 4 N–H and O–H groups in total. The highest BCUT2D eigenvalue weighted by Gasteiger charge is 2.28. The molecule has 0 spiro atoms. The number of carbonyl (C=O) groups is 5. The van der Waals surface area contributed by atoms with Crippen molar-refractivity contribution in [2.75, 3.05) is 0 Å². The van der Waals surface area contributed by atoms with Gasteiger partial charge in [-0.15, -0.1) is 0 Å². The third kappa shape index (κ3) is 26.6. The molecule has 0 saturated carbocycles. The molecule has 18 heteroatoms. The highest BCUT2D eigenvalue weighted by atomic mass is 19.1. The van der Waals surface area contributed by atoms with Gasteiger partial charge < -0.3 is 44.1 Å². The Morgan fingerprint density at radius 2 is 0.826 bits per heavy atom. The Kier molecular flexibility index (Phi) is 32.7. The van der Waals surface area contributed by atoms with Crippen LogP contribution in [0.5, 0.6) is 28.7 Å². The lowest BCUT2D eigenvalue weighted by Crippen LogP contribution is -2.29. The summed E-state index contributed by atoms with van der Waals surface area (Å²) in [6.07, 6.45) is 32.2. The lowest BCUT2D eigenvalue weighted by molar-refractivity contribution is -0.146. The Balaban J connectivity index is 0.000000167. The zero-order valence-corrected chi connectivity index (χ0v) is 62.4. The average molecular weight is 1480 g/mol. The third-order valence-corrected chi connectivity index (χ3v) is 19.6. The summed E-state index contributed by atoms with van der Waals surface area (Å²) in [6, 6.07) is 55.9. The Bertz CT molecular complexity index is 4460. The first kappa shape index (κ1) is 81.8. The van der Waals surface area contributed by atoms with Crippen LogP contribution in [0, 0.1) is 12.7 Å². The molecule has 0 aliphatic heterocycles. The van der Waals surface area contributed by atoms with Gasteiger partial charge in [0, 0.05) is 12.6 Å². The van der Waals surface area contributed by atoms with Gasteiger partial charge in [-0.2, -0.15) is 0 Å². The standard InChI is InChI=1S/C24H26O3.C23H23FO4.C23H26O4.C21H26N2O4/c25-24(26)23(18-15-20-9-5-2-6-10-20)27-22-16-13-21(14-17-22)12-11-19-7-3-1-4-8-19;24-20-9-5-4-8-19(20)22(25)17-11-13-18(14-12-17)28-21(23(26)27)15-10-16-6-2-1-3-7-16;24-23(25)22(16-15-18-9-3-1-4-10-18)27-21-14-8-7-13-20(21)26-17-19-11-5-2-6-12-19;1-15-19(20(24)23(22(15)2)17-11-7-4-8-12-17)27-18(21(25)26)14-13-16-9-5-3-6-10-16/h1,3-4,7-9,11-14,16-17,23H,2,5-6,10,15,18H2,(H,25,26);4-6,8-9,11-14,21H,1-3,7,10,15H2,(H,26,27);2,5-9,11-14,22H,1,3-4,10,15-17H2,(H,24,25);4,7-9,11-12,18H,3,5-6,10,13-14H2,1-2H3,(H,25,26)/b12-11+;;;. The SMILES string of the molecule is Cc1c(OC(CCC2=CCCCC2)C(=O)O)c(=O)n(-c2ccccc2)n1C.O=C(O)C(CCC1=CCCCC1)Oc1ccc(/C=C/c2ccccc2)cc1.O=C(O)C(CCC1=CCCCC1)Oc1ccccc1OCc1ccccc1.O=C(c1ccc(OC(CCC2=CCCCC2)C(=O)O)cc1)c1ccccc1F. The number of rotatable bonds is 32. The number of allylic oxidation sites excluding steroid dienone is 8. The van der Waals surface area contributed by atoms with Gasteiger partial charge in [0.25, 0.3) is 0 Å². The number of benzene rings is 7. The third-order valence-electron chi connectivity index (χ3n) is 19.6. The van der Waals surface area contributed by atoms with Gasteiger partial charge in [-0.3, -0.25) is 14.3 Å². The van der Waals surface area contributed by atoms with Crippen LogP contribution in [-0.4, -0.2) is 83.9 Å². The quantitative estimate of drug-likeness (QED) is 0.0174. The van der Waals surface area contributed by atoms with E-state index in [4.69, 9.17) is 23.7 Å². The maximum absolute atomic E-state index is 13.8. The van der Waals surface area contributed by atoms with E-state index in [1.165, 1.54) is 95.8 Å². The molecular formula is C91H101FN2O15. The van der Waals surface area contributed by atoms with Crippen LogP contribution in [0.15, 0.2) is 239 Å². The van der Waals surface area contributed by atoms with Gasteiger partial charge >= 0.3 is 29.4 Å². The molecule has 4 aliphatic rings. The van der Waals surface area contributed by atoms with Gasteiger partial charge in [0.05, 0.1) is 16.9 Å². The van der Waals surface area contributed by atoms with Gasteiger partial charge in [0.2, 0.25) is 5.75 Å². The number of carboxylic acid groups (broad SMARTS) is 4. The van der Waals surface area contributed by atoms with Crippen LogP contribution in [0.1, 0.15) is 192 Å². The van der Waals surface area contributed by atoms with E-state index in [2.05, 4.69) is 24.3 Å². The van der Waals surface area contributed by atoms with Crippen LogP contribution < -0.4 is 29.2 Å². The summed E-state index contributed by atoms with van der Waals surface area (Å²) in [5.74, 6) is -2.80. The van der Waals surface area contributed by atoms with Crippen molar-refractivity contribution in [3.05, 3.63) is 284 Å². The Labute approximate surface area is 638 Å². The fourth-order valence-corrected chi connectivity index (χ4v) is 13.3. The maximum atomic E-state index is 13.8. The van der Waals surface area contributed by atoms with Gasteiger partial charge in [-0.25, -0.2) is 28.3 Å². The number of hydrogen-bond donors (Lipinski definition) is 4. The second-order valence-corrected chi connectivity index (χ2v) is 27.6. The molecule has 17 nitrogen and oxygen atoms in total. The number of aliphatic carboxylic acids is 4. The first-order valence-corrected chi connectivity index (χ1v) is 38.1. The van der Waals surface area contributed by atoms with Gasteiger partial charge in [0.15, 0.2) is 41.7 Å². The molecule has 0 radical (unpaired) electrons. The van der Waals surface area contributed by atoms with Crippen molar-refractivity contribution < 1.29 is 72.5 Å². The van der Waals surface area contributed by atoms with E-state index in [-0.39, 0.29) is 16.9 Å². The Hall–Kier alpha value is -11.3. The zero-order valence-electron chi connectivity index (χ0n) is 62.4. The number of para-hydroxylation sites is 3. The van der Waals surface area contributed by atoms with Crippen LogP contribution in [-0.2, 0) is 32.8 Å². The molecule has 0 amide bonds. The normalized spacial score (nSPS) is 15.1. The van der Waals surface area contributed by atoms with Gasteiger partial charge in [-0.1, -0.05) is 174 Å². The molecule has 4 atom stereocenters. The molecule has 572 valence electrons. The second-order valence-electron chi connectivity index (χ2n) is 27.6. The molecule has 7 aromatic carbocycles. The minimum Gasteiger partial charge on any atom is -0.485 e. The average Bonchev–Trinajstić information content (AvgIpc) is 1.64. The van der Waals surface area contributed by atoms with Gasteiger partial charge in [0.1, 0.15) is 23.9 Å². The maximum Gasteiger partial charge on any atom is 0.344 e. The molecule has 8 aromatic rings. The summed E-state index contributed by atoms with van der Waals surface area (Å²) in [5, 5.41) is 38.1. The molecule has 0 saturated heterocycles. The number of hydrogen-bond acceptors (Lipinski definition) is 11. The van der Waals surface area contributed by atoms with E-state index in [0.717, 1.165) is 93.7 Å². The smallest absolute Gasteiger partial charge is 0.344 e. The Morgan fingerprint density at radius 3 is 1.27 bits per heavy atom. The first-order chi connectivity index (χ1) is 53.0. The highest BCUT2D eigenvalue weighted by Crippen LogP contribution is 2.32. The predicted octanol–water partition coefficient (Wildman–Crippen LogP) is 20.1. The summed E-state index contributed by atoms with van der Waals surface area (Å²) < 4.78 is 45.8. The second kappa shape index (κ2) is 43.5. The van der Waals surface area contributed by atoms with Crippen LogP contribution in [0.25, 0.3) is 17.8 Å². The molecule has 4 unspecified atom stereocenters. The van der Waals surface area contributed by atoms with E-state index in [1.807, 2.05) is 140 Å². The van der Waals surface area contributed by atoms with Crippen molar-refractivity contribution >= 4 is 41.8 Å². The summed E-state index contributed by atoms with van der Waals surface area (Å²) in [5.41, 5.74) is 9.84. The largest absolute Gasteiger partial charge is 0.485 e. The fourth-order valence-electron chi connectivity index (χ4n) is 13.3. The molecule has 1 heterocycles. The number of carboxylic acids is 4. The number of halogens is 1. The number of ketones is 1. The van der Waals surface area contributed by atoms with Crippen molar-refractivity contribution in [1.82, 2.24) is 9.36 Å². The molecule has 1 aromatic heterocycles. The van der Waals surface area contributed by atoms with Crippen molar-refractivity contribution in [1.29, 1.82) is 0 Å². The van der Waals surface area contributed by atoms with Gasteiger partial charge in [-0.05, 0) is 251 Å². The predicted molar refractivity (Wildman–Crippen MR) is 422 cm³/mol. The zero-order chi connectivity index (χ0) is 77.1. The van der Waals surface area contributed by atoms with E-state index < -0.39 is 59.9 Å². The summed E-state index contributed by atoms with van der Waals surface area (Å²) in [6.45, 7) is 2.17. The van der Waals surface area contributed by atoms with E-state index in [0.29, 0.717) is 85.1 Å².